The third kappa shape index (κ3) is 3.35. The van der Waals surface area contributed by atoms with Crippen LogP contribution in [0, 0.1) is 6.92 Å². The highest BCUT2D eigenvalue weighted by atomic mass is 16.2. The Morgan fingerprint density at radius 2 is 2.04 bits per heavy atom. The molecule has 0 bridgehead atoms. The molecule has 6 heteroatoms. The van der Waals surface area contributed by atoms with E-state index in [2.05, 4.69) is 20.2 Å². The van der Waals surface area contributed by atoms with E-state index in [1.807, 2.05) is 54.3 Å². The van der Waals surface area contributed by atoms with E-state index in [1.54, 1.807) is 6.20 Å². The van der Waals surface area contributed by atoms with Crippen LogP contribution in [0.5, 0.6) is 0 Å². The Bertz CT molecular complexity index is 888. The molecule has 1 N–H and O–H groups in total. The van der Waals surface area contributed by atoms with Crippen LogP contribution in [-0.2, 0) is 0 Å². The number of hydrogen-bond acceptors (Lipinski definition) is 4. The minimum atomic E-state index is 0.0324. The van der Waals surface area contributed by atoms with Crippen LogP contribution in [0.4, 0.5) is 0 Å². The number of nitrogens with zero attached hydrogens (tertiary/aromatic N) is 4. The SMILES string of the molecule is Cc1ccc(C(=O)N2CCCC(c3nc(-c4ccccc4)n[nH]3)C2)cn1. The molecule has 6 nitrogen and oxygen atoms in total. The van der Waals surface area contributed by atoms with Crippen LogP contribution >= 0.6 is 0 Å². The predicted molar refractivity (Wildman–Crippen MR) is 98.7 cm³/mol. The summed E-state index contributed by atoms with van der Waals surface area (Å²) < 4.78 is 0. The van der Waals surface area contributed by atoms with Crippen molar-refractivity contribution < 1.29 is 4.79 Å². The van der Waals surface area contributed by atoms with Crippen LogP contribution in [0.3, 0.4) is 0 Å². The van der Waals surface area contributed by atoms with Crippen molar-refractivity contribution in [1.82, 2.24) is 25.1 Å². The number of carbonyl (C=O) groups is 1. The van der Waals surface area contributed by atoms with Gasteiger partial charge < -0.3 is 4.90 Å². The van der Waals surface area contributed by atoms with Gasteiger partial charge in [0.15, 0.2) is 5.82 Å². The lowest BCUT2D eigenvalue weighted by Crippen LogP contribution is -2.39. The van der Waals surface area contributed by atoms with Gasteiger partial charge in [-0.3, -0.25) is 14.9 Å². The van der Waals surface area contributed by atoms with Gasteiger partial charge in [-0.1, -0.05) is 30.3 Å². The number of pyridine rings is 1. The number of carbonyl (C=O) groups excluding carboxylic acids is 1. The zero-order chi connectivity index (χ0) is 17.9. The van der Waals surface area contributed by atoms with Gasteiger partial charge in [-0.15, -0.1) is 0 Å². The molecule has 0 aliphatic carbocycles. The van der Waals surface area contributed by atoms with Crippen molar-refractivity contribution in [3.63, 3.8) is 0 Å². The maximum atomic E-state index is 12.8. The molecule has 1 fully saturated rings. The summed E-state index contributed by atoms with van der Waals surface area (Å²) in [5.74, 6) is 1.76. The topological polar surface area (TPSA) is 74.8 Å². The molecule has 0 radical (unpaired) electrons. The molecule has 26 heavy (non-hydrogen) atoms. The summed E-state index contributed by atoms with van der Waals surface area (Å²) >= 11 is 0. The van der Waals surface area contributed by atoms with Gasteiger partial charge in [0, 0.05) is 36.5 Å². The summed E-state index contributed by atoms with van der Waals surface area (Å²) in [4.78, 5) is 23.5. The van der Waals surface area contributed by atoms with Crippen molar-refractivity contribution in [2.24, 2.45) is 0 Å². The minimum Gasteiger partial charge on any atom is -0.338 e. The van der Waals surface area contributed by atoms with Gasteiger partial charge in [0.2, 0.25) is 0 Å². The highest BCUT2D eigenvalue weighted by molar-refractivity contribution is 5.94. The van der Waals surface area contributed by atoms with E-state index < -0.39 is 0 Å². The lowest BCUT2D eigenvalue weighted by Gasteiger charge is -2.31. The van der Waals surface area contributed by atoms with E-state index in [4.69, 9.17) is 0 Å². The summed E-state index contributed by atoms with van der Waals surface area (Å²) in [6.07, 6.45) is 3.61. The van der Waals surface area contributed by atoms with Crippen molar-refractivity contribution in [2.45, 2.75) is 25.7 Å². The summed E-state index contributed by atoms with van der Waals surface area (Å²) in [6.45, 7) is 3.33. The molecule has 4 rings (SSSR count). The first-order valence-corrected chi connectivity index (χ1v) is 8.90. The van der Waals surface area contributed by atoms with Crippen molar-refractivity contribution in [1.29, 1.82) is 0 Å². The molecule has 1 aliphatic heterocycles. The number of benzene rings is 1. The monoisotopic (exact) mass is 347 g/mol. The van der Waals surface area contributed by atoms with Gasteiger partial charge in [-0.2, -0.15) is 5.10 Å². The van der Waals surface area contributed by atoms with Gasteiger partial charge >= 0.3 is 0 Å². The maximum absolute atomic E-state index is 12.8. The molecule has 1 aromatic carbocycles. The average Bonchev–Trinajstić information content (AvgIpc) is 3.19. The van der Waals surface area contributed by atoms with Gasteiger partial charge in [0.05, 0.1) is 5.56 Å². The molecule has 3 heterocycles. The normalized spacial score (nSPS) is 17.3. The van der Waals surface area contributed by atoms with Crippen molar-refractivity contribution in [3.05, 3.63) is 65.7 Å². The van der Waals surface area contributed by atoms with E-state index in [9.17, 15) is 4.79 Å². The third-order valence-electron chi connectivity index (χ3n) is 4.79. The molecular weight excluding hydrogens is 326 g/mol. The Morgan fingerprint density at radius 3 is 2.81 bits per heavy atom. The Labute approximate surface area is 152 Å². The number of hydrogen-bond donors (Lipinski definition) is 1. The van der Waals surface area contributed by atoms with Crippen molar-refractivity contribution in [3.8, 4) is 11.4 Å². The minimum absolute atomic E-state index is 0.0324. The second-order valence-corrected chi connectivity index (χ2v) is 6.69. The van der Waals surface area contributed by atoms with Crippen LogP contribution in [0.1, 0.15) is 40.6 Å². The Morgan fingerprint density at radius 1 is 1.19 bits per heavy atom. The lowest BCUT2D eigenvalue weighted by atomic mass is 9.97. The number of amides is 1. The van der Waals surface area contributed by atoms with Gasteiger partial charge in [0.1, 0.15) is 5.82 Å². The van der Waals surface area contributed by atoms with Gasteiger partial charge in [0.25, 0.3) is 5.91 Å². The standard InChI is InChI=1S/C20H21N5O/c1-14-9-10-16(12-21-14)20(26)25-11-5-8-17(13-25)19-22-18(23-24-19)15-6-3-2-4-7-15/h2-4,6-7,9-10,12,17H,5,8,11,13H2,1H3,(H,22,23,24). The molecule has 0 saturated carbocycles. The first-order chi connectivity index (χ1) is 12.7. The van der Waals surface area contributed by atoms with E-state index in [0.29, 0.717) is 17.9 Å². The summed E-state index contributed by atoms with van der Waals surface area (Å²) in [5, 5.41) is 7.42. The quantitative estimate of drug-likeness (QED) is 0.789. The molecule has 1 amide bonds. The highest BCUT2D eigenvalue weighted by Crippen LogP contribution is 2.27. The number of aromatic amines is 1. The summed E-state index contributed by atoms with van der Waals surface area (Å²) in [6, 6.07) is 13.6. The molecule has 0 spiro atoms. The van der Waals surface area contributed by atoms with E-state index in [0.717, 1.165) is 36.5 Å². The molecule has 2 aromatic heterocycles. The third-order valence-corrected chi connectivity index (χ3v) is 4.79. The number of aryl methyl sites for hydroxylation is 1. The molecule has 1 aliphatic rings. The lowest BCUT2D eigenvalue weighted by molar-refractivity contribution is 0.0704. The molecule has 1 unspecified atom stereocenters. The highest BCUT2D eigenvalue weighted by Gasteiger charge is 2.27. The Hall–Kier alpha value is -3.02. The summed E-state index contributed by atoms with van der Waals surface area (Å²) in [7, 11) is 0. The number of rotatable bonds is 3. The fourth-order valence-electron chi connectivity index (χ4n) is 3.33. The van der Waals surface area contributed by atoms with Crippen LogP contribution in [-0.4, -0.2) is 44.1 Å². The van der Waals surface area contributed by atoms with Crippen LogP contribution in [0.15, 0.2) is 48.7 Å². The summed E-state index contributed by atoms with van der Waals surface area (Å²) in [5.41, 5.74) is 2.54. The predicted octanol–water partition coefficient (Wildman–Crippen LogP) is 3.19. The smallest absolute Gasteiger partial charge is 0.255 e. The number of likely N-dealkylation sites (tertiary alicyclic amines) is 1. The molecule has 1 atom stereocenters. The number of piperidine rings is 1. The molecule has 132 valence electrons. The largest absolute Gasteiger partial charge is 0.338 e. The van der Waals surface area contributed by atoms with Crippen molar-refractivity contribution >= 4 is 5.91 Å². The second kappa shape index (κ2) is 7.07. The zero-order valence-corrected chi connectivity index (χ0v) is 14.7. The van der Waals surface area contributed by atoms with E-state index >= 15 is 0 Å². The maximum Gasteiger partial charge on any atom is 0.255 e. The molecule has 1 saturated heterocycles. The number of nitrogens with one attached hydrogen (secondary N) is 1. The van der Waals surface area contributed by atoms with Crippen LogP contribution in [0.25, 0.3) is 11.4 Å². The number of H-pyrrole nitrogens is 1. The fourth-order valence-corrected chi connectivity index (χ4v) is 3.33. The van der Waals surface area contributed by atoms with Crippen LogP contribution in [0.2, 0.25) is 0 Å². The second-order valence-electron chi connectivity index (χ2n) is 6.69. The zero-order valence-electron chi connectivity index (χ0n) is 14.7. The van der Waals surface area contributed by atoms with Crippen molar-refractivity contribution in [2.75, 3.05) is 13.1 Å². The first kappa shape index (κ1) is 16.4. The fraction of sp³-hybridized carbons (Fsp3) is 0.300. The average molecular weight is 347 g/mol. The van der Waals surface area contributed by atoms with E-state index in [-0.39, 0.29) is 11.8 Å². The van der Waals surface area contributed by atoms with Gasteiger partial charge in [-0.05, 0) is 31.9 Å². The van der Waals surface area contributed by atoms with Crippen LogP contribution < -0.4 is 0 Å². The Kier molecular flexibility index (Phi) is 4.48. The molecular formula is C20H21N5O. The molecule has 3 aromatic rings. The van der Waals surface area contributed by atoms with Gasteiger partial charge in [-0.25, -0.2) is 4.98 Å². The number of aromatic nitrogens is 4. The van der Waals surface area contributed by atoms with E-state index in [1.165, 1.54) is 0 Å². The Balaban J connectivity index is 1.49. The first-order valence-electron chi connectivity index (χ1n) is 8.90.